The summed E-state index contributed by atoms with van der Waals surface area (Å²) in [5.41, 5.74) is -0.623. The molecule has 2 aromatic rings. The lowest BCUT2D eigenvalue weighted by molar-refractivity contribution is -0.274. The normalized spacial score (nSPS) is 11.6. The first-order valence-electron chi connectivity index (χ1n) is 6.19. The van der Waals surface area contributed by atoms with Crippen LogP contribution in [0.1, 0.15) is 5.56 Å². The third-order valence-corrected chi connectivity index (χ3v) is 4.37. The SMILES string of the molecule is N#Cc1ccccc1S(=O)(=O)Nc1ccc(Cl)cc1OC(F)(F)F. The number of nitriles is 1. The number of hydrogen-bond donors (Lipinski definition) is 1. The molecule has 5 nitrogen and oxygen atoms in total. The first kappa shape index (κ1) is 17.9. The lowest BCUT2D eigenvalue weighted by Gasteiger charge is -2.15. The predicted octanol–water partition coefficient (Wildman–Crippen LogP) is 3.91. The Balaban J connectivity index is 2.46. The Morgan fingerprint density at radius 2 is 1.83 bits per heavy atom. The molecule has 0 saturated carbocycles. The zero-order valence-electron chi connectivity index (χ0n) is 11.6. The van der Waals surface area contributed by atoms with Crippen LogP contribution in [0, 0.1) is 11.3 Å². The van der Waals surface area contributed by atoms with Gasteiger partial charge in [0.2, 0.25) is 0 Å². The maximum atomic E-state index is 12.4. The number of sulfonamides is 1. The summed E-state index contributed by atoms with van der Waals surface area (Å²) in [5, 5.41) is 8.88. The van der Waals surface area contributed by atoms with Crippen molar-refractivity contribution in [2.75, 3.05) is 4.72 Å². The highest BCUT2D eigenvalue weighted by Crippen LogP contribution is 2.34. The highest BCUT2D eigenvalue weighted by molar-refractivity contribution is 7.92. The van der Waals surface area contributed by atoms with Crippen LogP contribution >= 0.6 is 11.6 Å². The molecule has 2 rings (SSSR count). The van der Waals surface area contributed by atoms with E-state index in [9.17, 15) is 21.6 Å². The molecule has 0 spiro atoms. The zero-order chi connectivity index (χ0) is 18.0. The molecule has 0 bridgehead atoms. The average molecular weight is 377 g/mol. The fraction of sp³-hybridized carbons (Fsp3) is 0.0714. The van der Waals surface area contributed by atoms with Gasteiger partial charge in [-0.2, -0.15) is 5.26 Å². The van der Waals surface area contributed by atoms with Crippen molar-refractivity contribution < 1.29 is 26.3 Å². The van der Waals surface area contributed by atoms with E-state index in [0.717, 1.165) is 18.2 Å². The van der Waals surface area contributed by atoms with E-state index in [4.69, 9.17) is 16.9 Å². The summed E-state index contributed by atoms with van der Waals surface area (Å²) in [6.45, 7) is 0. The molecule has 0 aromatic heterocycles. The molecule has 0 unspecified atom stereocenters. The average Bonchev–Trinajstić information content (AvgIpc) is 2.48. The molecular weight excluding hydrogens is 369 g/mol. The van der Waals surface area contributed by atoms with Crippen LogP contribution in [-0.2, 0) is 10.0 Å². The Kier molecular flexibility index (Phi) is 4.91. The number of alkyl halides is 3. The molecule has 0 aliphatic heterocycles. The van der Waals surface area contributed by atoms with E-state index < -0.39 is 27.8 Å². The standard InChI is InChI=1S/C14H8ClF3N2O3S/c15-10-5-6-11(12(7-10)23-14(16,17)18)20-24(21,22)13-4-2-1-3-9(13)8-19/h1-7,20H. The number of halogens is 4. The van der Waals surface area contributed by atoms with Gasteiger partial charge in [-0.05, 0) is 24.3 Å². The quantitative estimate of drug-likeness (QED) is 0.877. The van der Waals surface area contributed by atoms with Crippen molar-refractivity contribution in [2.45, 2.75) is 11.3 Å². The van der Waals surface area contributed by atoms with Crippen LogP contribution in [0.15, 0.2) is 47.4 Å². The molecule has 126 valence electrons. The summed E-state index contributed by atoms with van der Waals surface area (Å²) in [6, 6.07) is 9.99. The van der Waals surface area contributed by atoms with Gasteiger partial charge in [0.05, 0.1) is 11.3 Å². The summed E-state index contributed by atoms with van der Waals surface area (Å²) in [7, 11) is -4.31. The second-order valence-corrected chi connectivity index (χ2v) is 6.49. The van der Waals surface area contributed by atoms with Gasteiger partial charge in [-0.1, -0.05) is 23.7 Å². The summed E-state index contributed by atoms with van der Waals surface area (Å²) in [5.74, 6) is -0.812. The Morgan fingerprint density at radius 3 is 2.46 bits per heavy atom. The number of ether oxygens (including phenoxy) is 1. The molecule has 1 N–H and O–H groups in total. The lowest BCUT2D eigenvalue weighted by atomic mass is 10.2. The first-order chi connectivity index (χ1) is 11.1. The number of hydrogen-bond acceptors (Lipinski definition) is 4. The van der Waals surface area contributed by atoms with E-state index in [2.05, 4.69) is 4.74 Å². The van der Waals surface area contributed by atoms with Crippen LogP contribution in [0.5, 0.6) is 5.75 Å². The van der Waals surface area contributed by atoms with Crippen molar-refractivity contribution in [1.29, 1.82) is 5.26 Å². The number of benzene rings is 2. The summed E-state index contributed by atoms with van der Waals surface area (Å²) < 4.78 is 67.8. The second kappa shape index (κ2) is 6.59. The molecule has 0 amide bonds. The molecule has 0 heterocycles. The van der Waals surface area contributed by atoms with E-state index >= 15 is 0 Å². The van der Waals surface area contributed by atoms with Crippen LogP contribution in [-0.4, -0.2) is 14.8 Å². The van der Waals surface area contributed by atoms with Crippen molar-refractivity contribution in [3.8, 4) is 11.8 Å². The Hall–Kier alpha value is -2.44. The van der Waals surface area contributed by atoms with Gasteiger partial charge in [0.1, 0.15) is 11.0 Å². The van der Waals surface area contributed by atoms with Gasteiger partial charge in [0, 0.05) is 11.1 Å². The maximum Gasteiger partial charge on any atom is 0.573 e. The number of anilines is 1. The van der Waals surface area contributed by atoms with Gasteiger partial charge in [0.15, 0.2) is 5.75 Å². The van der Waals surface area contributed by atoms with Crippen LogP contribution in [0.4, 0.5) is 18.9 Å². The molecular formula is C14H8ClF3N2O3S. The fourth-order valence-electron chi connectivity index (χ4n) is 1.78. The maximum absolute atomic E-state index is 12.4. The molecule has 2 aromatic carbocycles. The molecule has 0 aliphatic rings. The number of rotatable bonds is 4. The Bertz CT molecular complexity index is 908. The lowest BCUT2D eigenvalue weighted by Crippen LogP contribution is -2.20. The van der Waals surface area contributed by atoms with Crippen molar-refractivity contribution in [1.82, 2.24) is 0 Å². The van der Waals surface area contributed by atoms with Gasteiger partial charge in [-0.3, -0.25) is 4.72 Å². The Morgan fingerprint density at radius 1 is 1.17 bits per heavy atom. The van der Waals surface area contributed by atoms with Crippen molar-refractivity contribution in [3.63, 3.8) is 0 Å². The van der Waals surface area contributed by atoms with E-state index in [1.165, 1.54) is 24.3 Å². The van der Waals surface area contributed by atoms with E-state index in [1.54, 1.807) is 6.07 Å². The largest absolute Gasteiger partial charge is 0.573 e. The summed E-state index contributed by atoms with van der Waals surface area (Å²) in [6.07, 6.45) is -5.03. The monoisotopic (exact) mass is 376 g/mol. The third kappa shape index (κ3) is 4.31. The first-order valence-corrected chi connectivity index (χ1v) is 8.06. The topological polar surface area (TPSA) is 79.2 Å². The molecule has 0 atom stereocenters. The van der Waals surface area contributed by atoms with Crippen molar-refractivity contribution >= 4 is 27.3 Å². The van der Waals surface area contributed by atoms with Gasteiger partial charge in [-0.15, -0.1) is 13.2 Å². The second-order valence-electron chi connectivity index (χ2n) is 4.40. The van der Waals surface area contributed by atoms with Gasteiger partial charge >= 0.3 is 6.36 Å². The smallest absolute Gasteiger partial charge is 0.403 e. The molecule has 0 aliphatic carbocycles. The van der Waals surface area contributed by atoms with Gasteiger partial charge in [0.25, 0.3) is 10.0 Å². The van der Waals surface area contributed by atoms with Gasteiger partial charge in [-0.25, -0.2) is 8.42 Å². The van der Waals surface area contributed by atoms with Crippen LogP contribution in [0.3, 0.4) is 0 Å². The van der Waals surface area contributed by atoms with Crippen LogP contribution in [0.25, 0.3) is 0 Å². The molecule has 0 saturated heterocycles. The third-order valence-electron chi connectivity index (χ3n) is 2.71. The zero-order valence-corrected chi connectivity index (χ0v) is 13.2. The summed E-state index contributed by atoms with van der Waals surface area (Å²) in [4.78, 5) is -0.375. The number of nitrogens with zero attached hydrogens (tertiary/aromatic N) is 1. The molecule has 0 fully saturated rings. The van der Waals surface area contributed by atoms with E-state index in [1.807, 2.05) is 4.72 Å². The minimum absolute atomic E-state index is 0.0744. The molecule has 10 heteroatoms. The molecule has 0 radical (unpaired) electrons. The highest BCUT2D eigenvalue weighted by atomic mass is 35.5. The van der Waals surface area contributed by atoms with Gasteiger partial charge < -0.3 is 4.74 Å². The Labute approximate surface area is 140 Å². The van der Waals surface area contributed by atoms with E-state index in [-0.39, 0.29) is 15.5 Å². The fourth-order valence-corrected chi connectivity index (χ4v) is 3.17. The van der Waals surface area contributed by atoms with Crippen molar-refractivity contribution in [3.05, 3.63) is 53.1 Å². The number of nitrogens with one attached hydrogen (secondary N) is 1. The van der Waals surface area contributed by atoms with E-state index in [0.29, 0.717) is 0 Å². The predicted molar refractivity (Wildman–Crippen MR) is 80.1 cm³/mol. The van der Waals surface area contributed by atoms with Crippen LogP contribution in [0.2, 0.25) is 5.02 Å². The summed E-state index contributed by atoms with van der Waals surface area (Å²) >= 11 is 5.61. The molecule has 24 heavy (non-hydrogen) atoms. The highest BCUT2D eigenvalue weighted by Gasteiger charge is 2.33. The van der Waals surface area contributed by atoms with Crippen LogP contribution < -0.4 is 9.46 Å². The minimum Gasteiger partial charge on any atom is -0.403 e. The van der Waals surface area contributed by atoms with Crippen molar-refractivity contribution in [2.24, 2.45) is 0 Å². The minimum atomic E-state index is -5.03.